The molecule has 0 aliphatic carbocycles. The summed E-state index contributed by atoms with van der Waals surface area (Å²) in [7, 11) is 1.79. The Morgan fingerprint density at radius 3 is 2.88 bits per heavy atom. The Morgan fingerprint density at radius 2 is 2.12 bits per heavy atom. The van der Waals surface area contributed by atoms with Crippen LogP contribution in [-0.4, -0.2) is 34.6 Å². The highest BCUT2D eigenvalue weighted by atomic mass is 32.1. The van der Waals surface area contributed by atoms with Crippen molar-refractivity contribution >= 4 is 17.2 Å². The van der Waals surface area contributed by atoms with Crippen molar-refractivity contribution in [3.63, 3.8) is 0 Å². The molecule has 0 fully saturated rings. The summed E-state index contributed by atoms with van der Waals surface area (Å²) in [6, 6.07) is 11.6. The van der Waals surface area contributed by atoms with E-state index in [2.05, 4.69) is 10.1 Å². The summed E-state index contributed by atoms with van der Waals surface area (Å²) in [5.41, 5.74) is 0.989. The first-order valence-corrected chi connectivity index (χ1v) is 9.36. The third-order valence-corrected chi connectivity index (χ3v) is 4.73. The lowest BCUT2D eigenvalue weighted by Crippen LogP contribution is -2.26. The number of nitrogens with zero attached hydrogens (tertiary/aromatic N) is 3. The van der Waals surface area contributed by atoms with E-state index in [1.807, 2.05) is 48.7 Å². The number of aromatic nitrogens is 2. The van der Waals surface area contributed by atoms with E-state index in [0.717, 1.165) is 16.2 Å². The molecule has 0 atom stereocenters. The van der Waals surface area contributed by atoms with E-state index >= 15 is 0 Å². The number of para-hydroxylation sites is 1. The van der Waals surface area contributed by atoms with Gasteiger partial charge in [-0.25, -0.2) is 0 Å². The predicted molar refractivity (Wildman–Crippen MR) is 100 cm³/mol. The first kappa shape index (κ1) is 18.1. The topological polar surface area (TPSA) is 68.5 Å². The number of aryl methyl sites for hydroxylation is 1. The molecular formula is C19H21N3O3S. The minimum absolute atomic E-state index is 0.0205. The molecule has 1 aromatic carbocycles. The summed E-state index contributed by atoms with van der Waals surface area (Å²) in [6.07, 6.45) is 0.744. The molecular weight excluding hydrogens is 350 g/mol. The molecule has 1 amide bonds. The minimum Gasteiger partial charge on any atom is -0.494 e. The smallest absolute Gasteiger partial charge is 0.227 e. The van der Waals surface area contributed by atoms with Crippen molar-refractivity contribution in [1.29, 1.82) is 0 Å². The van der Waals surface area contributed by atoms with Gasteiger partial charge in [0.05, 0.1) is 11.5 Å². The highest BCUT2D eigenvalue weighted by Crippen LogP contribution is 2.22. The Labute approximate surface area is 156 Å². The van der Waals surface area contributed by atoms with Crippen LogP contribution in [0.25, 0.3) is 10.7 Å². The van der Waals surface area contributed by atoms with E-state index in [1.54, 1.807) is 23.3 Å². The minimum atomic E-state index is 0.0205. The van der Waals surface area contributed by atoms with Crippen molar-refractivity contribution in [2.75, 3.05) is 13.7 Å². The molecule has 6 nitrogen and oxygen atoms in total. The Morgan fingerprint density at radius 1 is 1.27 bits per heavy atom. The summed E-state index contributed by atoms with van der Waals surface area (Å²) in [4.78, 5) is 19.4. The Bertz CT molecular complexity index is 845. The van der Waals surface area contributed by atoms with Gasteiger partial charge in [-0.15, -0.1) is 11.3 Å². The Kier molecular flexibility index (Phi) is 6.01. The van der Waals surface area contributed by atoms with Crippen LogP contribution in [-0.2, 0) is 17.8 Å². The zero-order valence-corrected chi connectivity index (χ0v) is 15.7. The molecule has 0 saturated carbocycles. The number of hydrogen-bond acceptors (Lipinski definition) is 6. The molecule has 3 aromatic rings. The number of thiophene rings is 1. The average molecular weight is 371 g/mol. The van der Waals surface area contributed by atoms with E-state index in [1.165, 1.54) is 0 Å². The molecule has 7 heteroatoms. The van der Waals surface area contributed by atoms with Gasteiger partial charge in [-0.1, -0.05) is 29.4 Å². The van der Waals surface area contributed by atoms with Crippen LogP contribution in [0.5, 0.6) is 5.75 Å². The lowest BCUT2D eigenvalue weighted by Gasteiger charge is -2.19. The largest absolute Gasteiger partial charge is 0.494 e. The number of hydrogen-bond donors (Lipinski definition) is 0. The van der Waals surface area contributed by atoms with Crippen LogP contribution in [0, 0.1) is 0 Å². The van der Waals surface area contributed by atoms with Gasteiger partial charge in [0.2, 0.25) is 17.6 Å². The number of amides is 1. The van der Waals surface area contributed by atoms with E-state index < -0.39 is 0 Å². The predicted octanol–water partition coefficient (Wildman–Crippen LogP) is 3.79. The van der Waals surface area contributed by atoms with Gasteiger partial charge in [0.1, 0.15) is 5.75 Å². The van der Waals surface area contributed by atoms with Crippen molar-refractivity contribution in [1.82, 2.24) is 15.0 Å². The Balaban J connectivity index is 1.55. The molecule has 0 aliphatic heterocycles. The maximum atomic E-state index is 12.4. The van der Waals surface area contributed by atoms with Crippen LogP contribution in [0.2, 0.25) is 0 Å². The lowest BCUT2D eigenvalue weighted by molar-refractivity contribution is -0.130. The van der Waals surface area contributed by atoms with Crippen LogP contribution < -0.4 is 4.74 Å². The van der Waals surface area contributed by atoms with Gasteiger partial charge in [0.15, 0.2) is 0 Å². The fourth-order valence-electron chi connectivity index (χ4n) is 2.54. The molecule has 26 heavy (non-hydrogen) atoms. The third kappa shape index (κ3) is 4.49. The van der Waals surface area contributed by atoms with Gasteiger partial charge >= 0.3 is 0 Å². The third-order valence-electron chi connectivity index (χ3n) is 3.87. The second-order valence-corrected chi connectivity index (χ2v) is 6.73. The van der Waals surface area contributed by atoms with E-state index in [-0.39, 0.29) is 5.91 Å². The van der Waals surface area contributed by atoms with Gasteiger partial charge in [-0.2, -0.15) is 4.98 Å². The van der Waals surface area contributed by atoms with Crippen molar-refractivity contribution in [2.24, 2.45) is 0 Å². The molecule has 0 spiro atoms. The number of carbonyl (C=O) groups excluding carboxylic acids is 1. The van der Waals surface area contributed by atoms with Crippen molar-refractivity contribution in [2.45, 2.75) is 26.3 Å². The molecule has 0 saturated heterocycles. The van der Waals surface area contributed by atoms with Gasteiger partial charge in [0.25, 0.3) is 0 Å². The maximum absolute atomic E-state index is 12.4. The quantitative estimate of drug-likeness (QED) is 0.603. The summed E-state index contributed by atoms with van der Waals surface area (Å²) >= 11 is 1.55. The van der Waals surface area contributed by atoms with Crippen LogP contribution in [0.3, 0.4) is 0 Å². The summed E-state index contributed by atoms with van der Waals surface area (Å²) in [5, 5.41) is 5.93. The van der Waals surface area contributed by atoms with Crippen molar-refractivity contribution in [3.8, 4) is 16.5 Å². The number of ether oxygens (including phenoxy) is 1. The SMILES string of the molecule is CCOc1ccccc1CN(C)C(=O)CCc1nc(-c2cccs2)no1. The molecule has 3 rings (SSSR count). The van der Waals surface area contributed by atoms with E-state index in [4.69, 9.17) is 9.26 Å². The summed E-state index contributed by atoms with van der Waals surface area (Å²) in [5.74, 6) is 1.88. The Hall–Kier alpha value is -2.67. The molecule has 0 bridgehead atoms. The molecule has 136 valence electrons. The fourth-order valence-corrected chi connectivity index (χ4v) is 3.19. The van der Waals surface area contributed by atoms with Gasteiger partial charge in [0, 0.05) is 32.0 Å². The summed E-state index contributed by atoms with van der Waals surface area (Å²) in [6.45, 7) is 3.04. The van der Waals surface area contributed by atoms with Crippen molar-refractivity contribution < 1.29 is 14.1 Å². The fraction of sp³-hybridized carbons (Fsp3) is 0.316. The second kappa shape index (κ2) is 8.62. The van der Waals surface area contributed by atoms with Crippen LogP contribution >= 0.6 is 11.3 Å². The second-order valence-electron chi connectivity index (χ2n) is 5.78. The molecule has 0 radical (unpaired) electrons. The standard InChI is InChI=1S/C19H21N3O3S/c1-3-24-15-8-5-4-7-14(15)13-22(2)18(23)11-10-17-20-19(21-25-17)16-9-6-12-26-16/h4-9,12H,3,10-11,13H2,1-2H3. The van der Waals surface area contributed by atoms with Gasteiger partial charge < -0.3 is 14.2 Å². The normalized spacial score (nSPS) is 10.7. The average Bonchev–Trinajstić information content (AvgIpc) is 3.33. The zero-order chi connectivity index (χ0) is 18.4. The van der Waals surface area contributed by atoms with E-state index in [0.29, 0.717) is 37.7 Å². The number of rotatable bonds is 8. The monoisotopic (exact) mass is 371 g/mol. The highest BCUT2D eigenvalue weighted by molar-refractivity contribution is 7.13. The zero-order valence-electron chi connectivity index (χ0n) is 14.8. The molecule has 0 unspecified atom stereocenters. The molecule has 2 aromatic heterocycles. The van der Waals surface area contributed by atoms with Gasteiger partial charge in [-0.05, 0) is 24.4 Å². The van der Waals surface area contributed by atoms with Crippen LogP contribution in [0.15, 0.2) is 46.3 Å². The first-order chi connectivity index (χ1) is 12.7. The van der Waals surface area contributed by atoms with Crippen molar-refractivity contribution in [3.05, 3.63) is 53.2 Å². The first-order valence-electron chi connectivity index (χ1n) is 8.48. The lowest BCUT2D eigenvalue weighted by atomic mass is 10.2. The number of carbonyl (C=O) groups is 1. The van der Waals surface area contributed by atoms with Gasteiger partial charge in [-0.3, -0.25) is 4.79 Å². The molecule has 0 N–H and O–H groups in total. The highest BCUT2D eigenvalue weighted by Gasteiger charge is 2.15. The summed E-state index contributed by atoms with van der Waals surface area (Å²) < 4.78 is 10.9. The van der Waals surface area contributed by atoms with Crippen LogP contribution in [0.1, 0.15) is 24.8 Å². The van der Waals surface area contributed by atoms with E-state index in [9.17, 15) is 4.79 Å². The molecule has 2 heterocycles. The molecule has 0 aliphatic rings. The van der Waals surface area contributed by atoms with Crippen LogP contribution in [0.4, 0.5) is 0 Å². The maximum Gasteiger partial charge on any atom is 0.227 e. The number of benzene rings is 1.